The number of urea groups is 1. The molecule has 24 heavy (non-hydrogen) atoms. The summed E-state index contributed by atoms with van der Waals surface area (Å²) in [6.07, 6.45) is 3.47. The van der Waals surface area contributed by atoms with E-state index < -0.39 is 0 Å². The summed E-state index contributed by atoms with van der Waals surface area (Å²) in [5.74, 6) is 0. The molecule has 1 aromatic carbocycles. The van der Waals surface area contributed by atoms with Gasteiger partial charge in [0.15, 0.2) is 5.17 Å². The number of rotatable bonds is 3. The Labute approximate surface area is 150 Å². The maximum Gasteiger partial charge on any atom is 0.328 e. The molecule has 0 spiro atoms. The minimum atomic E-state index is -0.235. The van der Waals surface area contributed by atoms with E-state index in [9.17, 15) is 4.79 Å². The van der Waals surface area contributed by atoms with Crippen LogP contribution in [0.5, 0.6) is 0 Å². The van der Waals surface area contributed by atoms with Crippen molar-refractivity contribution in [1.29, 1.82) is 0 Å². The number of amidine groups is 1. The highest BCUT2D eigenvalue weighted by atomic mass is 35.5. The van der Waals surface area contributed by atoms with Crippen LogP contribution in [-0.2, 0) is 6.54 Å². The first kappa shape index (κ1) is 16.8. The number of carbonyl (C=O) groups is 1. The summed E-state index contributed by atoms with van der Waals surface area (Å²) in [7, 11) is 0. The number of aromatic nitrogens is 1. The molecule has 0 bridgehead atoms. The minimum absolute atomic E-state index is 0.235. The number of nitrogens with zero attached hydrogens (tertiary/aromatic N) is 3. The molecule has 0 saturated heterocycles. The van der Waals surface area contributed by atoms with Crippen LogP contribution in [0.1, 0.15) is 12.5 Å². The molecule has 0 unspecified atom stereocenters. The molecule has 1 atom stereocenters. The first-order chi connectivity index (χ1) is 11.6. The zero-order valence-corrected chi connectivity index (χ0v) is 14.7. The zero-order chi connectivity index (χ0) is 16.9. The third-order valence-corrected chi connectivity index (χ3v) is 4.75. The number of benzene rings is 1. The molecule has 1 aliphatic rings. The van der Waals surface area contributed by atoms with Crippen LogP contribution in [-0.4, -0.2) is 32.9 Å². The molecule has 1 aromatic heterocycles. The van der Waals surface area contributed by atoms with Crippen molar-refractivity contribution in [2.75, 3.05) is 11.9 Å². The van der Waals surface area contributed by atoms with Crippen LogP contribution in [0.15, 0.2) is 53.8 Å². The Morgan fingerprint density at radius 2 is 2.29 bits per heavy atom. The SMILES string of the molecule is C[C@H]1CN=C(N(Cc2cccnc2)C(=O)Nc2cccc(Cl)c2)S1. The lowest BCUT2D eigenvalue weighted by atomic mass is 10.3. The van der Waals surface area contributed by atoms with Crippen molar-refractivity contribution in [3.63, 3.8) is 0 Å². The van der Waals surface area contributed by atoms with Crippen molar-refractivity contribution >= 4 is 40.2 Å². The molecule has 2 amide bonds. The van der Waals surface area contributed by atoms with Gasteiger partial charge in [0.05, 0.1) is 13.1 Å². The number of hydrogen-bond acceptors (Lipinski definition) is 4. The smallest absolute Gasteiger partial charge is 0.307 e. The molecular weight excluding hydrogens is 344 g/mol. The van der Waals surface area contributed by atoms with E-state index in [0.717, 1.165) is 10.7 Å². The summed E-state index contributed by atoms with van der Waals surface area (Å²) in [5.41, 5.74) is 1.60. The summed E-state index contributed by atoms with van der Waals surface area (Å²) < 4.78 is 0. The van der Waals surface area contributed by atoms with Gasteiger partial charge in [-0.25, -0.2) is 4.79 Å². The second-order valence-corrected chi connectivity index (χ2v) is 7.28. The van der Waals surface area contributed by atoms with Crippen molar-refractivity contribution in [2.24, 2.45) is 4.99 Å². The van der Waals surface area contributed by atoms with Crippen LogP contribution in [0.4, 0.5) is 10.5 Å². The quantitative estimate of drug-likeness (QED) is 0.889. The first-order valence-electron chi connectivity index (χ1n) is 7.56. The topological polar surface area (TPSA) is 57.6 Å². The Bertz CT molecular complexity index is 753. The predicted molar refractivity (Wildman–Crippen MR) is 99.6 cm³/mol. The lowest BCUT2D eigenvalue weighted by molar-refractivity contribution is 0.233. The number of thioether (sulfide) groups is 1. The number of nitrogens with one attached hydrogen (secondary N) is 1. The normalized spacial score (nSPS) is 16.6. The number of carbonyl (C=O) groups excluding carboxylic acids is 1. The largest absolute Gasteiger partial charge is 0.328 e. The molecule has 2 aromatic rings. The Balaban J connectivity index is 1.79. The summed E-state index contributed by atoms with van der Waals surface area (Å²) >= 11 is 7.59. The molecule has 3 rings (SSSR count). The van der Waals surface area contributed by atoms with Crippen molar-refractivity contribution in [3.8, 4) is 0 Å². The van der Waals surface area contributed by atoms with E-state index in [0.29, 0.717) is 29.0 Å². The number of amides is 2. The van der Waals surface area contributed by atoms with Gasteiger partial charge in [0.1, 0.15) is 0 Å². The standard InChI is InChI=1S/C17H17ClN4OS/c1-12-9-20-17(24-12)22(11-13-4-3-7-19-10-13)16(23)21-15-6-2-5-14(18)8-15/h2-8,10,12H,9,11H2,1H3,(H,21,23)/t12-/m0/s1. The Kier molecular flexibility index (Phi) is 5.37. The van der Waals surface area contributed by atoms with Crippen molar-refractivity contribution < 1.29 is 4.79 Å². The van der Waals surface area contributed by atoms with E-state index in [1.165, 1.54) is 0 Å². The fourth-order valence-corrected chi connectivity index (χ4v) is 3.39. The number of anilines is 1. The number of aliphatic imine (C=N–C) groups is 1. The number of pyridine rings is 1. The molecule has 1 aliphatic heterocycles. The monoisotopic (exact) mass is 360 g/mol. The summed E-state index contributed by atoms with van der Waals surface area (Å²) in [4.78, 5) is 23.0. The maximum atomic E-state index is 12.8. The Morgan fingerprint density at radius 3 is 2.96 bits per heavy atom. The molecule has 0 aliphatic carbocycles. The second kappa shape index (κ2) is 7.68. The lowest BCUT2D eigenvalue weighted by Crippen LogP contribution is -2.37. The van der Waals surface area contributed by atoms with E-state index in [1.54, 1.807) is 53.3 Å². The van der Waals surface area contributed by atoms with Gasteiger partial charge in [-0.2, -0.15) is 0 Å². The van der Waals surface area contributed by atoms with Gasteiger partial charge in [0, 0.05) is 28.4 Å². The van der Waals surface area contributed by atoms with Gasteiger partial charge in [-0.3, -0.25) is 14.9 Å². The van der Waals surface area contributed by atoms with Crippen LogP contribution in [0, 0.1) is 0 Å². The second-order valence-electron chi connectivity index (χ2n) is 5.44. The van der Waals surface area contributed by atoms with Crippen LogP contribution in [0.25, 0.3) is 0 Å². The third kappa shape index (κ3) is 4.27. The third-order valence-electron chi connectivity index (χ3n) is 3.41. The van der Waals surface area contributed by atoms with Crippen molar-refractivity contribution in [2.45, 2.75) is 18.7 Å². The molecular formula is C17H17ClN4OS. The average molecular weight is 361 g/mol. The molecule has 2 heterocycles. The Hall–Kier alpha value is -2.05. The minimum Gasteiger partial charge on any atom is -0.307 e. The van der Waals surface area contributed by atoms with E-state index in [-0.39, 0.29) is 6.03 Å². The maximum absolute atomic E-state index is 12.8. The van der Waals surface area contributed by atoms with Gasteiger partial charge in [-0.05, 0) is 29.8 Å². The predicted octanol–water partition coefficient (Wildman–Crippen LogP) is 4.26. The van der Waals surface area contributed by atoms with Crippen molar-refractivity contribution in [3.05, 3.63) is 59.4 Å². The molecule has 0 fully saturated rings. The zero-order valence-electron chi connectivity index (χ0n) is 13.1. The van der Waals surface area contributed by atoms with Gasteiger partial charge in [0.25, 0.3) is 0 Å². The van der Waals surface area contributed by atoms with Crippen molar-refractivity contribution in [1.82, 2.24) is 9.88 Å². The van der Waals surface area contributed by atoms with Gasteiger partial charge >= 0.3 is 6.03 Å². The fourth-order valence-electron chi connectivity index (χ4n) is 2.27. The van der Waals surface area contributed by atoms with E-state index in [4.69, 9.17) is 11.6 Å². The summed E-state index contributed by atoms with van der Waals surface area (Å²) in [5, 5.41) is 4.56. The number of hydrogen-bond donors (Lipinski definition) is 1. The lowest BCUT2D eigenvalue weighted by Gasteiger charge is -2.22. The molecule has 124 valence electrons. The van der Waals surface area contributed by atoms with Gasteiger partial charge in [-0.1, -0.05) is 42.4 Å². The van der Waals surface area contributed by atoms with Gasteiger partial charge in [-0.15, -0.1) is 0 Å². The highest BCUT2D eigenvalue weighted by Gasteiger charge is 2.26. The van der Waals surface area contributed by atoms with Gasteiger partial charge in [0.2, 0.25) is 0 Å². The number of halogens is 1. The molecule has 7 heteroatoms. The summed E-state index contributed by atoms with van der Waals surface area (Å²) in [6, 6.07) is 10.6. The van der Waals surface area contributed by atoms with Crippen LogP contribution < -0.4 is 5.32 Å². The molecule has 5 nitrogen and oxygen atoms in total. The fraction of sp³-hybridized carbons (Fsp3) is 0.235. The van der Waals surface area contributed by atoms with Crippen LogP contribution in [0.3, 0.4) is 0 Å². The van der Waals surface area contributed by atoms with Gasteiger partial charge < -0.3 is 5.32 Å². The Morgan fingerprint density at radius 1 is 1.42 bits per heavy atom. The molecule has 0 radical (unpaired) electrons. The van der Waals surface area contributed by atoms with E-state index in [2.05, 4.69) is 22.2 Å². The summed E-state index contributed by atoms with van der Waals surface area (Å²) in [6.45, 7) is 3.23. The average Bonchev–Trinajstić information content (AvgIpc) is 2.99. The van der Waals surface area contributed by atoms with Crippen LogP contribution >= 0.6 is 23.4 Å². The highest BCUT2D eigenvalue weighted by molar-refractivity contribution is 8.14. The molecule has 1 N–H and O–H groups in total. The first-order valence-corrected chi connectivity index (χ1v) is 8.81. The van der Waals surface area contributed by atoms with E-state index >= 15 is 0 Å². The molecule has 0 saturated carbocycles. The highest BCUT2D eigenvalue weighted by Crippen LogP contribution is 2.25. The van der Waals surface area contributed by atoms with Crippen LogP contribution in [0.2, 0.25) is 5.02 Å². The van der Waals surface area contributed by atoms with E-state index in [1.807, 2.05) is 12.1 Å².